The Hall–Kier alpha value is -3.09. The molecule has 2 aromatic heterocycles. The zero-order chi connectivity index (χ0) is 15.9. The molecule has 22 heavy (non-hydrogen) atoms. The molecule has 0 saturated carbocycles. The van der Waals surface area contributed by atoms with Gasteiger partial charge in [0.1, 0.15) is 17.2 Å². The lowest BCUT2D eigenvalue weighted by Crippen LogP contribution is -1.96. The Morgan fingerprint density at radius 1 is 1.32 bits per heavy atom. The first-order valence-corrected chi connectivity index (χ1v) is 6.58. The van der Waals surface area contributed by atoms with Crippen molar-refractivity contribution >= 4 is 17.2 Å². The van der Waals surface area contributed by atoms with Crippen molar-refractivity contribution in [3.63, 3.8) is 0 Å². The highest BCUT2D eigenvalue weighted by Crippen LogP contribution is 2.34. The smallest absolute Gasteiger partial charge is 0.311 e. The van der Waals surface area contributed by atoms with Crippen molar-refractivity contribution in [1.82, 2.24) is 9.38 Å². The molecule has 0 radical (unpaired) electrons. The van der Waals surface area contributed by atoms with Crippen molar-refractivity contribution in [3.05, 3.63) is 52.2 Å². The number of aromatic nitrogens is 2. The third-order valence-electron chi connectivity index (χ3n) is 3.45. The van der Waals surface area contributed by atoms with Crippen LogP contribution in [0.25, 0.3) is 16.9 Å². The van der Waals surface area contributed by atoms with E-state index in [2.05, 4.69) is 4.98 Å². The van der Waals surface area contributed by atoms with Gasteiger partial charge in [-0.2, -0.15) is 0 Å². The van der Waals surface area contributed by atoms with Gasteiger partial charge in [0.05, 0.1) is 12.0 Å². The standard InChI is InChI=1S/C15H14N4O3/c1-9-3-6-13-17-14(15(16)18(13)8-9)10-4-5-12(22-2)11(7-10)19(20)21/h3-8H,16H2,1-2H3. The van der Waals surface area contributed by atoms with Crippen LogP contribution >= 0.6 is 0 Å². The molecule has 0 aliphatic carbocycles. The molecule has 3 aromatic rings. The number of nitro groups is 1. The molecule has 3 rings (SSSR count). The second-order valence-electron chi connectivity index (χ2n) is 4.92. The molecular weight excluding hydrogens is 284 g/mol. The first-order valence-electron chi connectivity index (χ1n) is 6.58. The fourth-order valence-corrected chi connectivity index (χ4v) is 2.36. The Labute approximate surface area is 126 Å². The molecule has 0 atom stereocenters. The van der Waals surface area contributed by atoms with Gasteiger partial charge >= 0.3 is 5.69 Å². The summed E-state index contributed by atoms with van der Waals surface area (Å²) in [7, 11) is 1.39. The normalized spacial score (nSPS) is 10.8. The predicted molar refractivity (Wildman–Crippen MR) is 83.0 cm³/mol. The number of hydrogen-bond acceptors (Lipinski definition) is 5. The highest BCUT2D eigenvalue weighted by atomic mass is 16.6. The molecule has 7 nitrogen and oxygen atoms in total. The molecule has 0 spiro atoms. The minimum absolute atomic E-state index is 0.118. The van der Waals surface area contributed by atoms with E-state index in [1.54, 1.807) is 16.5 Å². The number of pyridine rings is 1. The first-order chi connectivity index (χ1) is 10.5. The lowest BCUT2D eigenvalue weighted by atomic mass is 10.1. The number of aryl methyl sites for hydroxylation is 1. The summed E-state index contributed by atoms with van der Waals surface area (Å²) in [6, 6.07) is 8.46. The SMILES string of the molecule is COc1ccc(-c2nc3ccc(C)cn3c2N)cc1[N+](=O)[O-]. The van der Waals surface area contributed by atoms with Crippen LogP contribution in [0.4, 0.5) is 11.5 Å². The van der Waals surface area contributed by atoms with Gasteiger partial charge in [0.2, 0.25) is 0 Å². The topological polar surface area (TPSA) is 95.7 Å². The molecule has 0 amide bonds. The van der Waals surface area contributed by atoms with E-state index in [1.807, 2.05) is 25.3 Å². The van der Waals surface area contributed by atoms with Crippen molar-refractivity contribution in [2.75, 3.05) is 12.8 Å². The van der Waals surface area contributed by atoms with E-state index in [0.717, 1.165) is 5.56 Å². The number of methoxy groups -OCH3 is 1. The van der Waals surface area contributed by atoms with Gasteiger partial charge in [-0.15, -0.1) is 0 Å². The van der Waals surface area contributed by atoms with Gasteiger partial charge < -0.3 is 10.5 Å². The third-order valence-corrected chi connectivity index (χ3v) is 3.45. The van der Waals surface area contributed by atoms with Gasteiger partial charge in [0, 0.05) is 17.8 Å². The molecule has 7 heteroatoms. The summed E-state index contributed by atoms with van der Waals surface area (Å²) in [5.41, 5.74) is 8.84. The Morgan fingerprint density at radius 3 is 2.77 bits per heavy atom. The number of nitro benzene ring substituents is 1. The zero-order valence-corrected chi connectivity index (χ0v) is 12.1. The number of benzene rings is 1. The van der Waals surface area contributed by atoms with Crippen LogP contribution in [0.1, 0.15) is 5.56 Å². The maximum Gasteiger partial charge on any atom is 0.311 e. The van der Waals surface area contributed by atoms with E-state index in [1.165, 1.54) is 13.2 Å². The summed E-state index contributed by atoms with van der Waals surface area (Å²) in [6.45, 7) is 1.96. The Balaban J connectivity index is 2.21. The molecule has 0 bridgehead atoms. The molecule has 1 aromatic carbocycles. The summed E-state index contributed by atoms with van der Waals surface area (Å²) in [5.74, 6) is 0.644. The number of nitrogens with two attached hydrogens (primary N) is 1. The summed E-state index contributed by atoms with van der Waals surface area (Å²) >= 11 is 0. The maximum absolute atomic E-state index is 11.1. The Morgan fingerprint density at radius 2 is 2.09 bits per heavy atom. The number of anilines is 1. The van der Waals surface area contributed by atoms with Crippen LogP contribution in [-0.2, 0) is 0 Å². The van der Waals surface area contributed by atoms with Crippen molar-refractivity contribution in [2.24, 2.45) is 0 Å². The Bertz CT molecular complexity index is 886. The van der Waals surface area contributed by atoms with Crippen molar-refractivity contribution in [2.45, 2.75) is 6.92 Å². The summed E-state index contributed by atoms with van der Waals surface area (Å²) in [5, 5.41) is 11.1. The third kappa shape index (κ3) is 2.12. The van der Waals surface area contributed by atoms with E-state index >= 15 is 0 Å². The molecule has 0 aliphatic heterocycles. The van der Waals surface area contributed by atoms with Crippen molar-refractivity contribution in [3.8, 4) is 17.0 Å². The minimum Gasteiger partial charge on any atom is -0.490 e. The summed E-state index contributed by atoms with van der Waals surface area (Å²) in [4.78, 5) is 15.1. The van der Waals surface area contributed by atoms with Gasteiger partial charge in [-0.1, -0.05) is 6.07 Å². The van der Waals surface area contributed by atoms with E-state index < -0.39 is 4.92 Å². The van der Waals surface area contributed by atoms with Crippen LogP contribution in [0.2, 0.25) is 0 Å². The quantitative estimate of drug-likeness (QED) is 0.592. The lowest BCUT2D eigenvalue weighted by molar-refractivity contribution is -0.385. The van der Waals surface area contributed by atoms with Crippen LogP contribution in [0, 0.1) is 17.0 Å². The van der Waals surface area contributed by atoms with Crippen LogP contribution in [0.3, 0.4) is 0 Å². The van der Waals surface area contributed by atoms with Gasteiger partial charge in [-0.25, -0.2) is 4.98 Å². The molecule has 2 N–H and O–H groups in total. The summed E-state index contributed by atoms with van der Waals surface area (Å²) < 4.78 is 6.77. The lowest BCUT2D eigenvalue weighted by Gasteiger charge is -2.04. The average molecular weight is 298 g/mol. The molecule has 0 fully saturated rings. The number of nitrogen functional groups attached to an aromatic ring is 1. The monoisotopic (exact) mass is 298 g/mol. The van der Waals surface area contributed by atoms with E-state index in [-0.39, 0.29) is 11.4 Å². The van der Waals surface area contributed by atoms with Crippen LogP contribution in [0.15, 0.2) is 36.5 Å². The molecule has 0 aliphatic rings. The number of nitrogens with zero attached hydrogens (tertiary/aromatic N) is 3. The van der Waals surface area contributed by atoms with Crippen molar-refractivity contribution in [1.29, 1.82) is 0 Å². The predicted octanol–water partition coefficient (Wildman–Crippen LogP) is 2.81. The van der Waals surface area contributed by atoms with E-state index in [9.17, 15) is 10.1 Å². The number of fused-ring (bicyclic) bond motifs is 1. The van der Waals surface area contributed by atoms with Crippen LogP contribution in [0.5, 0.6) is 5.75 Å². The second kappa shape index (κ2) is 5.03. The fraction of sp³-hybridized carbons (Fsp3) is 0.133. The zero-order valence-electron chi connectivity index (χ0n) is 12.1. The molecular formula is C15H14N4O3. The number of ether oxygens (including phenoxy) is 1. The van der Waals surface area contributed by atoms with Gasteiger partial charge in [-0.3, -0.25) is 14.5 Å². The maximum atomic E-state index is 11.1. The van der Waals surface area contributed by atoms with Crippen molar-refractivity contribution < 1.29 is 9.66 Å². The average Bonchev–Trinajstić information content (AvgIpc) is 2.83. The highest BCUT2D eigenvalue weighted by Gasteiger charge is 2.19. The summed E-state index contributed by atoms with van der Waals surface area (Å²) in [6.07, 6.45) is 1.87. The molecule has 0 unspecified atom stereocenters. The van der Waals surface area contributed by atoms with Crippen LogP contribution < -0.4 is 10.5 Å². The number of rotatable bonds is 3. The van der Waals surface area contributed by atoms with E-state index in [0.29, 0.717) is 22.7 Å². The van der Waals surface area contributed by atoms with Crippen LogP contribution in [-0.4, -0.2) is 21.4 Å². The first kappa shape index (κ1) is 13.9. The second-order valence-corrected chi connectivity index (χ2v) is 4.92. The largest absolute Gasteiger partial charge is 0.490 e. The molecule has 112 valence electrons. The van der Waals surface area contributed by atoms with Gasteiger partial charge in [0.25, 0.3) is 0 Å². The van der Waals surface area contributed by atoms with E-state index in [4.69, 9.17) is 10.5 Å². The number of hydrogen-bond donors (Lipinski definition) is 1. The van der Waals surface area contributed by atoms with Gasteiger partial charge in [0.15, 0.2) is 5.75 Å². The molecule has 2 heterocycles. The number of imidazole rings is 1. The Kier molecular flexibility index (Phi) is 3.17. The van der Waals surface area contributed by atoms with Gasteiger partial charge in [-0.05, 0) is 30.7 Å². The fourth-order valence-electron chi connectivity index (χ4n) is 2.36. The molecule has 0 saturated heterocycles. The highest BCUT2D eigenvalue weighted by molar-refractivity contribution is 5.77. The minimum atomic E-state index is -0.488.